The van der Waals surface area contributed by atoms with Gasteiger partial charge < -0.3 is 11.1 Å². The van der Waals surface area contributed by atoms with Gasteiger partial charge >= 0.3 is 0 Å². The van der Waals surface area contributed by atoms with E-state index >= 15 is 0 Å². The van der Waals surface area contributed by atoms with Crippen LogP contribution in [0.15, 0.2) is 36.5 Å². The molecule has 1 amide bonds. The SMILES string of the molecule is Nc1cccc(-c2ccnc3c2CCC(=O)N3)c1. The van der Waals surface area contributed by atoms with Crippen LogP contribution in [0.5, 0.6) is 0 Å². The summed E-state index contributed by atoms with van der Waals surface area (Å²) in [6.45, 7) is 0. The van der Waals surface area contributed by atoms with Crippen molar-refractivity contribution in [3.63, 3.8) is 0 Å². The van der Waals surface area contributed by atoms with Gasteiger partial charge in [-0.2, -0.15) is 0 Å². The zero-order valence-electron chi connectivity index (χ0n) is 9.81. The molecule has 0 spiro atoms. The Morgan fingerprint density at radius 2 is 2.11 bits per heavy atom. The van der Waals surface area contributed by atoms with Gasteiger partial charge in [0.2, 0.25) is 5.91 Å². The van der Waals surface area contributed by atoms with Gasteiger partial charge in [0.05, 0.1) is 0 Å². The molecule has 0 atom stereocenters. The van der Waals surface area contributed by atoms with Gasteiger partial charge in [-0.3, -0.25) is 4.79 Å². The maximum atomic E-state index is 11.4. The van der Waals surface area contributed by atoms with Crippen LogP contribution in [0.25, 0.3) is 11.1 Å². The summed E-state index contributed by atoms with van der Waals surface area (Å²) in [5.74, 6) is 0.700. The molecule has 2 aromatic rings. The van der Waals surface area contributed by atoms with Gasteiger partial charge in [0, 0.05) is 23.9 Å². The van der Waals surface area contributed by atoms with Crippen molar-refractivity contribution in [1.29, 1.82) is 0 Å². The number of rotatable bonds is 1. The van der Waals surface area contributed by atoms with Crippen molar-refractivity contribution in [2.24, 2.45) is 0 Å². The summed E-state index contributed by atoms with van der Waals surface area (Å²) in [4.78, 5) is 15.6. The van der Waals surface area contributed by atoms with E-state index in [9.17, 15) is 4.79 Å². The molecular formula is C14H13N3O. The molecule has 18 heavy (non-hydrogen) atoms. The highest BCUT2D eigenvalue weighted by Gasteiger charge is 2.19. The molecule has 3 N–H and O–H groups in total. The number of carbonyl (C=O) groups is 1. The van der Waals surface area contributed by atoms with Crippen LogP contribution in [0.3, 0.4) is 0 Å². The van der Waals surface area contributed by atoms with Crippen molar-refractivity contribution in [3.05, 3.63) is 42.1 Å². The second-order valence-corrected chi connectivity index (χ2v) is 4.36. The summed E-state index contributed by atoms with van der Waals surface area (Å²) >= 11 is 0. The molecule has 1 aromatic heterocycles. The third-order valence-electron chi connectivity index (χ3n) is 3.11. The maximum absolute atomic E-state index is 11.4. The highest BCUT2D eigenvalue weighted by Crippen LogP contribution is 2.31. The fourth-order valence-corrected chi connectivity index (χ4v) is 2.26. The molecule has 90 valence electrons. The van der Waals surface area contributed by atoms with Crippen molar-refractivity contribution in [1.82, 2.24) is 4.98 Å². The first kappa shape index (κ1) is 10.8. The molecule has 1 aliphatic heterocycles. The van der Waals surface area contributed by atoms with Gasteiger partial charge in [0.25, 0.3) is 0 Å². The number of nitrogens with zero attached hydrogens (tertiary/aromatic N) is 1. The average molecular weight is 239 g/mol. The molecule has 3 rings (SSSR count). The molecule has 0 fully saturated rings. The van der Waals surface area contributed by atoms with Crippen molar-refractivity contribution >= 4 is 17.4 Å². The number of nitrogen functional groups attached to an aromatic ring is 1. The van der Waals surface area contributed by atoms with E-state index in [1.165, 1.54) is 0 Å². The minimum Gasteiger partial charge on any atom is -0.399 e. The Bertz CT molecular complexity index is 622. The molecule has 0 radical (unpaired) electrons. The summed E-state index contributed by atoms with van der Waals surface area (Å²) in [7, 11) is 0. The van der Waals surface area contributed by atoms with E-state index in [4.69, 9.17) is 5.73 Å². The van der Waals surface area contributed by atoms with Crippen molar-refractivity contribution in [2.75, 3.05) is 11.1 Å². The lowest BCUT2D eigenvalue weighted by molar-refractivity contribution is -0.116. The Kier molecular flexibility index (Phi) is 2.48. The quantitative estimate of drug-likeness (QED) is 0.750. The number of benzene rings is 1. The summed E-state index contributed by atoms with van der Waals surface area (Å²) < 4.78 is 0. The molecule has 4 nitrogen and oxygen atoms in total. The molecular weight excluding hydrogens is 226 g/mol. The first-order chi connectivity index (χ1) is 8.74. The first-order valence-electron chi connectivity index (χ1n) is 5.88. The average Bonchev–Trinajstić information content (AvgIpc) is 2.37. The Balaban J connectivity index is 2.13. The number of aromatic nitrogens is 1. The number of hydrogen-bond donors (Lipinski definition) is 2. The van der Waals surface area contributed by atoms with Crippen LogP contribution in [-0.2, 0) is 11.2 Å². The van der Waals surface area contributed by atoms with Gasteiger partial charge in [-0.1, -0.05) is 12.1 Å². The molecule has 1 aromatic carbocycles. The van der Waals surface area contributed by atoms with Crippen LogP contribution in [-0.4, -0.2) is 10.9 Å². The first-order valence-corrected chi connectivity index (χ1v) is 5.88. The number of hydrogen-bond acceptors (Lipinski definition) is 3. The number of nitrogens with two attached hydrogens (primary N) is 1. The Hall–Kier alpha value is -2.36. The van der Waals surface area contributed by atoms with Crippen molar-refractivity contribution in [3.8, 4) is 11.1 Å². The summed E-state index contributed by atoms with van der Waals surface area (Å²) in [5, 5.41) is 2.80. The normalized spacial score (nSPS) is 13.9. The predicted octanol–water partition coefficient (Wildman–Crippen LogP) is 2.22. The lowest BCUT2D eigenvalue weighted by Crippen LogP contribution is -2.20. The maximum Gasteiger partial charge on any atom is 0.225 e. The number of amides is 1. The van der Waals surface area contributed by atoms with E-state index in [1.807, 2.05) is 30.3 Å². The Morgan fingerprint density at radius 3 is 2.94 bits per heavy atom. The van der Waals surface area contributed by atoms with Crippen LogP contribution in [0.4, 0.5) is 11.5 Å². The van der Waals surface area contributed by atoms with Crippen LogP contribution < -0.4 is 11.1 Å². The van der Waals surface area contributed by atoms with E-state index in [0.717, 1.165) is 28.8 Å². The topological polar surface area (TPSA) is 68.0 Å². The van der Waals surface area contributed by atoms with E-state index in [0.29, 0.717) is 12.2 Å². The number of anilines is 2. The van der Waals surface area contributed by atoms with Gasteiger partial charge in [0.1, 0.15) is 5.82 Å². The molecule has 4 heteroatoms. The van der Waals surface area contributed by atoms with Gasteiger partial charge in [-0.15, -0.1) is 0 Å². The minimum atomic E-state index is 0.0275. The molecule has 1 aliphatic rings. The minimum absolute atomic E-state index is 0.0275. The molecule has 0 unspecified atom stereocenters. The molecule has 0 saturated heterocycles. The molecule has 0 saturated carbocycles. The summed E-state index contributed by atoms with van der Waals surface area (Å²) in [6, 6.07) is 9.71. The highest BCUT2D eigenvalue weighted by molar-refractivity contribution is 5.94. The highest BCUT2D eigenvalue weighted by atomic mass is 16.1. The van der Waals surface area contributed by atoms with Crippen LogP contribution in [0, 0.1) is 0 Å². The van der Waals surface area contributed by atoms with Crippen molar-refractivity contribution < 1.29 is 4.79 Å². The van der Waals surface area contributed by atoms with Crippen molar-refractivity contribution in [2.45, 2.75) is 12.8 Å². The van der Waals surface area contributed by atoms with Crippen LogP contribution in [0.1, 0.15) is 12.0 Å². The fourth-order valence-electron chi connectivity index (χ4n) is 2.26. The lowest BCUT2D eigenvalue weighted by Gasteiger charge is -2.19. The zero-order chi connectivity index (χ0) is 12.5. The van der Waals surface area contributed by atoms with Gasteiger partial charge in [0.15, 0.2) is 0 Å². The summed E-state index contributed by atoms with van der Waals surface area (Å²) in [5.41, 5.74) is 9.78. The monoisotopic (exact) mass is 239 g/mol. The number of fused-ring (bicyclic) bond motifs is 1. The van der Waals surface area contributed by atoms with Crippen LogP contribution in [0.2, 0.25) is 0 Å². The molecule has 0 bridgehead atoms. The predicted molar refractivity (Wildman–Crippen MR) is 71.0 cm³/mol. The van der Waals surface area contributed by atoms with Gasteiger partial charge in [-0.05, 0) is 35.7 Å². The van der Waals surface area contributed by atoms with E-state index in [-0.39, 0.29) is 5.91 Å². The van der Waals surface area contributed by atoms with E-state index in [2.05, 4.69) is 10.3 Å². The smallest absolute Gasteiger partial charge is 0.225 e. The lowest BCUT2D eigenvalue weighted by atomic mass is 9.95. The van der Waals surface area contributed by atoms with E-state index in [1.54, 1.807) is 6.20 Å². The largest absolute Gasteiger partial charge is 0.399 e. The number of nitrogens with one attached hydrogen (secondary N) is 1. The van der Waals surface area contributed by atoms with E-state index < -0.39 is 0 Å². The second-order valence-electron chi connectivity index (χ2n) is 4.36. The standard InChI is InChI=1S/C14H13N3O/c15-10-3-1-2-9(8-10)11-6-7-16-14-12(11)4-5-13(18)17-14/h1-3,6-8H,4-5,15H2,(H,16,17,18). The number of carbonyl (C=O) groups excluding carboxylic acids is 1. The zero-order valence-corrected chi connectivity index (χ0v) is 9.81. The third-order valence-corrected chi connectivity index (χ3v) is 3.11. The Labute approximate surface area is 105 Å². The molecule has 2 heterocycles. The fraction of sp³-hybridized carbons (Fsp3) is 0.143. The van der Waals surface area contributed by atoms with Crippen LogP contribution >= 0.6 is 0 Å². The van der Waals surface area contributed by atoms with Gasteiger partial charge in [-0.25, -0.2) is 4.98 Å². The molecule has 0 aliphatic carbocycles. The Morgan fingerprint density at radius 1 is 1.22 bits per heavy atom. The second kappa shape index (κ2) is 4.14. The summed E-state index contributed by atoms with van der Waals surface area (Å²) in [6.07, 6.45) is 2.94. The number of pyridine rings is 1. The third kappa shape index (κ3) is 1.82.